The number of para-hydroxylation sites is 1. The van der Waals surface area contributed by atoms with Crippen LogP contribution in [0.4, 0.5) is 5.69 Å². The maximum atomic E-state index is 12.4. The molecule has 0 aliphatic heterocycles. The summed E-state index contributed by atoms with van der Waals surface area (Å²) in [5.41, 5.74) is 3.88. The Morgan fingerprint density at radius 3 is 2.43 bits per heavy atom. The van der Waals surface area contributed by atoms with Crippen LogP contribution in [0.3, 0.4) is 0 Å². The number of benzene rings is 2. The molecular weight excluding hydrogens is 282 g/mol. The first kappa shape index (κ1) is 17.0. The van der Waals surface area contributed by atoms with Crippen molar-refractivity contribution in [2.24, 2.45) is 5.92 Å². The SMILES string of the molecule is CCCc1ccccc1NC(=O)c1ccc(C=CC(C)C)cc1. The van der Waals surface area contributed by atoms with Crippen molar-refractivity contribution in [1.82, 2.24) is 0 Å². The molecule has 2 nitrogen and oxygen atoms in total. The van der Waals surface area contributed by atoms with Crippen molar-refractivity contribution in [3.63, 3.8) is 0 Å². The van der Waals surface area contributed by atoms with E-state index in [-0.39, 0.29) is 5.91 Å². The lowest BCUT2D eigenvalue weighted by Crippen LogP contribution is -2.13. The highest BCUT2D eigenvalue weighted by Crippen LogP contribution is 2.18. The van der Waals surface area contributed by atoms with Gasteiger partial charge >= 0.3 is 0 Å². The highest BCUT2D eigenvalue weighted by atomic mass is 16.1. The lowest BCUT2D eigenvalue weighted by molar-refractivity contribution is 0.102. The maximum Gasteiger partial charge on any atom is 0.255 e. The smallest absolute Gasteiger partial charge is 0.255 e. The lowest BCUT2D eigenvalue weighted by Gasteiger charge is -2.10. The number of carbonyl (C=O) groups excluding carboxylic acids is 1. The number of carbonyl (C=O) groups is 1. The van der Waals surface area contributed by atoms with Gasteiger partial charge < -0.3 is 5.32 Å². The van der Waals surface area contributed by atoms with Crippen LogP contribution < -0.4 is 5.32 Å². The Kier molecular flexibility index (Phi) is 6.16. The molecule has 0 aromatic heterocycles. The summed E-state index contributed by atoms with van der Waals surface area (Å²) in [5, 5.41) is 3.02. The van der Waals surface area contributed by atoms with Crippen LogP contribution >= 0.6 is 0 Å². The van der Waals surface area contributed by atoms with Gasteiger partial charge in [0, 0.05) is 11.3 Å². The monoisotopic (exact) mass is 307 g/mol. The van der Waals surface area contributed by atoms with E-state index in [9.17, 15) is 4.79 Å². The van der Waals surface area contributed by atoms with E-state index >= 15 is 0 Å². The fourth-order valence-corrected chi connectivity index (χ4v) is 2.37. The van der Waals surface area contributed by atoms with Crippen molar-refractivity contribution < 1.29 is 4.79 Å². The normalized spacial score (nSPS) is 11.1. The summed E-state index contributed by atoms with van der Waals surface area (Å²) in [6, 6.07) is 15.7. The molecule has 2 rings (SSSR count). The summed E-state index contributed by atoms with van der Waals surface area (Å²) < 4.78 is 0. The molecule has 120 valence electrons. The summed E-state index contributed by atoms with van der Waals surface area (Å²) >= 11 is 0. The zero-order valence-electron chi connectivity index (χ0n) is 14.2. The van der Waals surface area contributed by atoms with Crippen LogP contribution in [0.1, 0.15) is 48.7 Å². The van der Waals surface area contributed by atoms with Crippen molar-refractivity contribution in [2.75, 3.05) is 5.32 Å². The molecule has 0 atom stereocenters. The zero-order chi connectivity index (χ0) is 16.7. The van der Waals surface area contributed by atoms with E-state index in [2.05, 4.69) is 44.3 Å². The molecule has 0 saturated heterocycles. The predicted molar refractivity (Wildman–Crippen MR) is 98.7 cm³/mol. The van der Waals surface area contributed by atoms with Gasteiger partial charge in [-0.1, -0.05) is 69.7 Å². The molecule has 2 heteroatoms. The average Bonchev–Trinajstić information content (AvgIpc) is 2.55. The Hall–Kier alpha value is -2.35. The third-order valence-electron chi connectivity index (χ3n) is 3.63. The second-order valence-corrected chi connectivity index (χ2v) is 6.09. The fraction of sp³-hybridized carbons (Fsp3) is 0.286. The molecule has 0 aliphatic carbocycles. The largest absolute Gasteiger partial charge is 0.322 e. The van der Waals surface area contributed by atoms with Crippen molar-refractivity contribution in [3.8, 4) is 0 Å². The van der Waals surface area contributed by atoms with Crippen molar-refractivity contribution in [1.29, 1.82) is 0 Å². The summed E-state index contributed by atoms with van der Waals surface area (Å²) in [6.45, 7) is 6.43. The summed E-state index contributed by atoms with van der Waals surface area (Å²) in [4.78, 5) is 12.4. The molecule has 0 unspecified atom stereocenters. The lowest BCUT2D eigenvalue weighted by atomic mass is 10.1. The van der Waals surface area contributed by atoms with E-state index in [1.54, 1.807) is 0 Å². The number of nitrogens with one attached hydrogen (secondary N) is 1. The van der Waals surface area contributed by atoms with E-state index in [1.807, 2.05) is 42.5 Å². The standard InChI is InChI=1S/C21H25NO/c1-4-7-18-8-5-6-9-20(18)22-21(23)19-14-12-17(13-15-19)11-10-16(2)3/h5-6,8-16H,4,7H2,1-3H3,(H,22,23). The number of hydrogen-bond donors (Lipinski definition) is 1. The fourth-order valence-electron chi connectivity index (χ4n) is 2.37. The van der Waals surface area contributed by atoms with E-state index < -0.39 is 0 Å². The zero-order valence-corrected chi connectivity index (χ0v) is 14.2. The van der Waals surface area contributed by atoms with Gasteiger partial charge in [0.1, 0.15) is 0 Å². The maximum absolute atomic E-state index is 12.4. The number of hydrogen-bond acceptors (Lipinski definition) is 1. The number of rotatable bonds is 6. The first-order valence-corrected chi connectivity index (χ1v) is 8.27. The third kappa shape index (κ3) is 5.10. The van der Waals surface area contributed by atoms with Gasteiger partial charge in [-0.25, -0.2) is 0 Å². The van der Waals surface area contributed by atoms with Crippen molar-refractivity contribution >= 4 is 17.7 Å². The molecule has 0 radical (unpaired) electrons. The Bertz CT molecular complexity index is 668. The molecule has 0 bridgehead atoms. The van der Waals surface area contributed by atoms with Gasteiger partial charge in [-0.05, 0) is 41.7 Å². The second-order valence-electron chi connectivity index (χ2n) is 6.09. The van der Waals surface area contributed by atoms with Crippen LogP contribution in [0.25, 0.3) is 6.08 Å². The molecule has 0 fully saturated rings. The van der Waals surface area contributed by atoms with Gasteiger partial charge in [0.2, 0.25) is 0 Å². The Labute approximate surface area is 139 Å². The van der Waals surface area contributed by atoms with Crippen LogP contribution in [0.2, 0.25) is 0 Å². The van der Waals surface area contributed by atoms with Gasteiger partial charge in [0.05, 0.1) is 0 Å². The summed E-state index contributed by atoms with van der Waals surface area (Å²) in [5.74, 6) is 0.459. The minimum atomic E-state index is -0.0621. The van der Waals surface area contributed by atoms with Crippen molar-refractivity contribution in [3.05, 3.63) is 71.3 Å². The van der Waals surface area contributed by atoms with Crippen LogP contribution in [-0.2, 0) is 6.42 Å². The first-order chi connectivity index (χ1) is 11.1. The van der Waals surface area contributed by atoms with Gasteiger partial charge in [-0.15, -0.1) is 0 Å². The Morgan fingerprint density at radius 1 is 1.09 bits per heavy atom. The topological polar surface area (TPSA) is 29.1 Å². The minimum absolute atomic E-state index is 0.0621. The van der Waals surface area contributed by atoms with Crippen LogP contribution in [0.15, 0.2) is 54.6 Å². The van der Waals surface area contributed by atoms with Gasteiger partial charge in [0.15, 0.2) is 0 Å². The second kappa shape index (κ2) is 8.33. The number of allylic oxidation sites excluding steroid dienone is 1. The predicted octanol–water partition coefficient (Wildman–Crippen LogP) is 5.56. The summed E-state index contributed by atoms with van der Waals surface area (Å²) in [6.07, 6.45) is 6.26. The molecular formula is C21H25NO. The molecule has 2 aromatic rings. The molecule has 0 heterocycles. The van der Waals surface area contributed by atoms with E-state index in [1.165, 1.54) is 5.56 Å². The average molecular weight is 307 g/mol. The molecule has 1 amide bonds. The third-order valence-corrected chi connectivity index (χ3v) is 3.63. The van der Waals surface area contributed by atoms with Gasteiger partial charge in [0.25, 0.3) is 5.91 Å². The van der Waals surface area contributed by atoms with Crippen LogP contribution in [-0.4, -0.2) is 5.91 Å². The molecule has 23 heavy (non-hydrogen) atoms. The van der Waals surface area contributed by atoms with Gasteiger partial charge in [-0.2, -0.15) is 0 Å². The molecule has 1 N–H and O–H groups in total. The van der Waals surface area contributed by atoms with Crippen LogP contribution in [0.5, 0.6) is 0 Å². The van der Waals surface area contributed by atoms with Gasteiger partial charge in [-0.3, -0.25) is 4.79 Å². The Balaban J connectivity index is 2.09. The first-order valence-electron chi connectivity index (χ1n) is 8.27. The van der Waals surface area contributed by atoms with E-state index in [4.69, 9.17) is 0 Å². The number of aryl methyl sites for hydroxylation is 1. The number of amides is 1. The van der Waals surface area contributed by atoms with Crippen LogP contribution in [0, 0.1) is 5.92 Å². The quantitative estimate of drug-likeness (QED) is 0.743. The van der Waals surface area contributed by atoms with Crippen molar-refractivity contribution in [2.45, 2.75) is 33.6 Å². The molecule has 0 saturated carbocycles. The van der Waals surface area contributed by atoms with E-state index in [0.717, 1.165) is 24.1 Å². The molecule has 0 spiro atoms. The molecule has 0 aliphatic rings. The van der Waals surface area contributed by atoms with E-state index in [0.29, 0.717) is 11.5 Å². The minimum Gasteiger partial charge on any atom is -0.322 e. The Morgan fingerprint density at radius 2 is 1.78 bits per heavy atom. The summed E-state index contributed by atoms with van der Waals surface area (Å²) in [7, 11) is 0. The number of anilines is 1. The highest BCUT2D eigenvalue weighted by molar-refractivity contribution is 6.04. The highest BCUT2D eigenvalue weighted by Gasteiger charge is 2.08. The molecule has 2 aromatic carbocycles.